The maximum atomic E-state index is 13.2. The molecule has 0 amide bonds. The molecule has 6 nitrogen and oxygen atoms in total. The minimum Gasteiger partial charge on any atom is -0.387 e. The van der Waals surface area contributed by atoms with Crippen molar-refractivity contribution in [2.45, 2.75) is 76.5 Å². The van der Waals surface area contributed by atoms with Gasteiger partial charge < -0.3 is 9.84 Å². The number of hydrogen-bond acceptors (Lipinski definition) is 5. The molecule has 6 heteroatoms. The number of aliphatic hydroxyl groups is 1. The second kappa shape index (κ2) is 6.61. The van der Waals surface area contributed by atoms with Gasteiger partial charge in [-0.15, -0.1) is 5.10 Å². The van der Waals surface area contributed by atoms with Crippen molar-refractivity contribution in [1.82, 2.24) is 15.0 Å². The lowest BCUT2D eigenvalue weighted by molar-refractivity contribution is -0.131. The fourth-order valence-electron chi connectivity index (χ4n) is 9.24. The normalized spacial score (nSPS) is 51.4. The lowest BCUT2D eigenvalue weighted by Crippen LogP contribution is -2.50. The predicted octanol–water partition coefficient (Wildman–Crippen LogP) is 3.10. The number of hydrogen-bond donors (Lipinski definition) is 1. The first-order valence-electron chi connectivity index (χ1n) is 12.1. The van der Waals surface area contributed by atoms with E-state index in [1.807, 2.05) is 0 Å². The summed E-state index contributed by atoms with van der Waals surface area (Å²) in [5.41, 5.74) is -0.381. The maximum absolute atomic E-state index is 13.2. The summed E-state index contributed by atoms with van der Waals surface area (Å²) in [6, 6.07) is 0. The Kier molecular flexibility index (Phi) is 4.28. The Morgan fingerprint density at radius 3 is 2.63 bits per heavy atom. The van der Waals surface area contributed by atoms with Gasteiger partial charge in [-0.3, -0.25) is 4.79 Å². The first-order chi connectivity index (χ1) is 14.5. The van der Waals surface area contributed by atoms with E-state index < -0.39 is 5.60 Å². The third-order valence-electron chi connectivity index (χ3n) is 10.5. The van der Waals surface area contributed by atoms with Crippen molar-refractivity contribution in [3.63, 3.8) is 0 Å². The van der Waals surface area contributed by atoms with Crippen LogP contribution >= 0.6 is 0 Å². The van der Waals surface area contributed by atoms with E-state index in [-0.39, 0.29) is 17.4 Å². The lowest BCUT2D eigenvalue weighted by atomic mass is 9.49. The summed E-state index contributed by atoms with van der Waals surface area (Å²) in [7, 11) is 1.77. The molecule has 1 unspecified atom stereocenters. The van der Waals surface area contributed by atoms with Crippen LogP contribution in [-0.4, -0.2) is 44.7 Å². The monoisotopic (exact) mass is 413 g/mol. The van der Waals surface area contributed by atoms with E-state index in [0.29, 0.717) is 30.1 Å². The van der Waals surface area contributed by atoms with Crippen molar-refractivity contribution < 1.29 is 14.6 Å². The van der Waals surface area contributed by atoms with E-state index in [4.69, 9.17) is 4.74 Å². The molecule has 0 radical (unpaired) electrons. The van der Waals surface area contributed by atoms with Crippen molar-refractivity contribution >= 4 is 5.78 Å². The minimum absolute atomic E-state index is 0.0724. The highest BCUT2D eigenvalue weighted by molar-refractivity contribution is 5.82. The molecule has 1 aromatic rings. The lowest BCUT2D eigenvalue weighted by Gasteiger charge is -2.55. The average molecular weight is 414 g/mol. The molecule has 5 aliphatic carbocycles. The Labute approximate surface area is 178 Å². The molecule has 10 atom stereocenters. The van der Waals surface area contributed by atoms with E-state index in [0.717, 1.165) is 37.0 Å². The van der Waals surface area contributed by atoms with Crippen LogP contribution in [0.3, 0.4) is 0 Å². The molecule has 5 fully saturated rings. The smallest absolute Gasteiger partial charge is 0.157 e. The van der Waals surface area contributed by atoms with Crippen LogP contribution in [0.5, 0.6) is 0 Å². The fraction of sp³-hybridized carbons (Fsp3) is 0.875. The average Bonchev–Trinajstić information content (AvgIpc) is 3.04. The number of ketones is 1. The Balaban J connectivity index is 1.20. The largest absolute Gasteiger partial charge is 0.387 e. The van der Waals surface area contributed by atoms with Gasteiger partial charge in [-0.25, -0.2) is 4.68 Å². The highest BCUT2D eigenvalue weighted by Gasteiger charge is 2.72. The van der Waals surface area contributed by atoms with Gasteiger partial charge in [0.25, 0.3) is 0 Å². The van der Waals surface area contributed by atoms with Crippen molar-refractivity contribution in [2.75, 3.05) is 7.11 Å². The molecule has 5 aliphatic rings. The molecule has 0 aliphatic heterocycles. The number of methoxy groups -OCH3 is 1. The summed E-state index contributed by atoms with van der Waals surface area (Å²) in [6.07, 6.45) is 12.8. The first kappa shape index (κ1) is 19.4. The summed E-state index contributed by atoms with van der Waals surface area (Å²) >= 11 is 0. The molecule has 0 bridgehead atoms. The zero-order valence-electron chi connectivity index (χ0n) is 18.2. The number of fused-ring (bicyclic) bond motifs is 7. The van der Waals surface area contributed by atoms with Crippen LogP contribution in [0, 0.1) is 46.8 Å². The molecule has 1 aromatic heterocycles. The van der Waals surface area contributed by atoms with E-state index >= 15 is 0 Å². The zero-order chi connectivity index (χ0) is 20.7. The van der Waals surface area contributed by atoms with Crippen LogP contribution in [0.4, 0.5) is 0 Å². The van der Waals surface area contributed by atoms with Gasteiger partial charge in [-0.05, 0) is 86.4 Å². The summed E-state index contributed by atoms with van der Waals surface area (Å²) < 4.78 is 7.35. The Morgan fingerprint density at radius 1 is 1.10 bits per heavy atom. The van der Waals surface area contributed by atoms with Crippen LogP contribution < -0.4 is 0 Å². The van der Waals surface area contributed by atoms with Gasteiger partial charge in [-0.1, -0.05) is 12.1 Å². The van der Waals surface area contributed by atoms with Crippen molar-refractivity contribution in [2.24, 2.45) is 46.8 Å². The van der Waals surface area contributed by atoms with Crippen molar-refractivity contribution in [3.05, 3.63) is 12.4 Å². The van der Waals surface area contributed by atoms with Gasteiger partial charge in [0.15, 0.2) is 5.78 Å². The topological polar surface area (TPSA) is 77.2 Å². The van der Waals surface area contributed by atoms with Crippen molar-refractivity contribution in [1.29, 1.82) is 0 Å². The van der Waals surface area contributed by atoms with E-state index in [1.54, 1.807) is 24.2 Å². The highest BCUT2D eigenvalue weighted by atomic mass is 16.5. The van der Waals surface area contributed by atoms with E-state index in [1.165, 1.54) is 32.1 Å². The van der Waals surface area contributed by atoms with E-state index in [2.05, 4.69) is 17.2 Å². The SMILES string of the molecule is CO[C@@H]1C2[C@@H]3CC[C@@H]4[C@H](CC[C@]5(C)[C@@H](C(=O)Cn6ccnn6)CC[C@@H]45)[C@H]3CC[C@@]21O. The Morgan fingerprint density at radius 2 is 1.87 bits per heavy atom. The fourth-order valence-corrected chi connectivity index (χ4v) is 9.24. The second-order valence-corrected chi connectivity index (χ2v) is 11.3. The quantitative estimate of drug-likeness (QED) is 0.821. The number of Topliss-reactive ketones (excluding diaryl/α,β-unsaturated/α-hetero) is 1. The molecule has 0 saturated heterocycles. The minimum atomic E-state index is -0.530. The maximum Gasteiger partial charge on any atom is 0.157 e. The van der Waals surface area contributed by atoms with Crippen molar-refractivity contribution in [3.8, 4) is 0 Å². The van der Waals surface area contributed by atoms with Gasteiger partial charge in [0, 0.05) is 25.1 Å². The second-order valence-electron chi connectivity index (χ2n) is 11.3. The van der Waals surface area contributed by atoms with Crippen LogP contribution in [-0.2, 0) is 16.1 Å². The number of ether oxygens (including phenoxy) is 1. The summed E-state index contributed by atoms with van der Waals surface area (Å²) in [6.45, 7) is 2.78. The summed E-state index contributed by atoms with van der Waals surface area (Å²) in [5.74, 6) is 4.52. The molecule has 5 saturated carbocycles. The Hall–Kier alpha value is -1.27. The van der Waals surface area contributed by atoms with Crippen LogP contribution in [0.2, 0.25) is 0 Å². The summed E-state index contributed by atoms with van der Waals surface area (Å²) in [5, 5.41) is 18.8. The number of carbonyl (C=O) groups excluding carboxylic acids is 1. The molecule has 6 rings (SSSR count). The molecule has 164 valence electrons. The summed E-state index contributed by atoms with van der Waals surface area (Å²) in [4.78, 5) is 13.2. The third-order valence-corrected chi connectivity index (χ3v) is 10.5. The molecule has 0 aromatic carbocycles. The predicted molar refractivity (Wildman–Crippen MR) is 110 cm³/mol. The van der Waals surface area contributed by atoms with E-state index in [9.17, 15) is 9.90 Å². The van der Waals surface area contributed by atoms with Gasteiger partial charge in [-0.2, -0.15) is 0 Å². The van der Waals surface area contributed by atoms with Gasteiger partial charge >= 0.3 is 0 Å². The molecule has 1 N–H and O–H groups in total. The van der Waals surface area contributed by atoms with Gasteiger partial charge in [0.05, 0.1) is 17.9 Å². The highest BCUT2D eigenvalue weighted by Crippen LogP contribution is 2.69. The van der Waals surface area contributed by atoms with Crippen LogP contribution in [0.25, 0.3) is 0 Å². The molecular weight excluding hydrogens is 378 g/mol. The Bertz CT molecular complexity index is 828. The first-order valence-corrected chi connectivity index (χ1v) is 12.1. The molecular formula is C24H35N3O3. The molecule has 0 spiro atoms. The third kappa shape index (κ3) is 2.52. The number of aromatic nitrogens is 3. The standard InChI is InChI=1S/C24H35N3O3/c1-23-9-7-14-15-8-10-24(29)21(22(24)30-2)17(15)4-3-16(14)18(23)5-6-19(23)20(28)13-27-12-11-25-26-27/h11-12,14-19,21-22,29H,3-10,13H2,1-2H3/t14-,15-,16-,17-,18+,19-,21?,22-,23+,24-/m1/s1. The van der Waals surface area contributed by atoms with Crippen LogP contribution in [0.15, 0.2) is 12.4 Å². The molecule has 1 heterocycles. The van der Waals surface area contributed by atoms with Crippen LogP contribution in [0.1, 0.15) is 58.3 Å². The van der Waals surface area contributed by atoms with Gasteiger partial charge in [0.2, 0.25) is 0 Å². The zero-order valence-corrected chi connectivity index (χ0v) is 18.2. The number of nitrogens with zero attached hydrogens (tertiary/aromatic N) is 3. The number of rotatable bonds is 4. The van der Waals surface area contributed by atoms with Gasteiger partial charge in [0.1, 0.15) is 6.54 Å². The number of carbonyl (C=O) groups is 1. The molecule has 30 heavy (non-hydrogen) atoms.